The maximum atomic E-state index is 12.9. The van der Waals surface area contributed by atoms with Crippen LogP contribution >= 0.6 is 12.0 Å². The molecule has 0 saturated heterocycles. The molecule has 0 atom stereocenters. The van der Waals surface area contributed by atoms with Crippen LogP contribution in [0.1, 0.15) is 25.8 Å². The van der Waals surface area contributed by atoms with Crippen molar-refractivity contribution in [2.75, 3.05) is 19.0 Å². The predicted octanol–water partition coefficient (Wildman–Crippen LogP) is 5.89. The van der Waals surface area contributed by atoms with Gasteiger partial charge < -0.3 is 14.0 Å². The van der Waals surface area contributed by atoms with Crippen molar-refractivity contribution in [2.45, 2.75) is 42.6 Å². The van der Waals surface area contributed by atoms with Gasteiger partial charge in [-0.05, 0) is 35.8 Å². The fraction of sp³-hybridized carbons (Fsp3) is 0.381. The summed E-state index contributed by atoms with van der Waals surface area (Å²) in [6, 6.07) is 4.92. The maximum Gasteiger partial charge on any atom is 0.533 e. The molecule has 0 amide bonds. The summed E-state index contributed by atoms with van der Waals surface area (Å²) in [5.74, 6) is -1.07. The summed E-state index contributed by atoms with van der Waals surface area (Å²) in [5.41, 5.74) is -0.110. The minimum atomic E-state index is -4.87. The Bertz CT molecular complexity index is 1410. The molecule has 3 aromatic rings. The van der Waals surface area contributed by atoms with Gasteiger partial charge >= 0.3 is 12.5 Å². The average Bonchev–Trinajstić information content (AvgIpc) is 3.26. The summed E-state index contributed by atoms with van der Waals surface area (Å²) in [6.07, 6.45) is -7.99. The van der Waals surface area contributed by atoms with Crippen molar-refractivity contribution >= 4 is 38.9 Å². The number of oxazole rings is 1. The van der Waals surface area contributed by atoms with E-state index in [2.05, 4.69) is 24.1 Å². The number of hydrogen-bond acceptors (Lipinski definition) is 10. The molecule has 0 fully saturated rings. The molecule has 9 nitrogen and oxygen atoms in total. The molecule has 0 spiro atoms. The summed E-state index contributed by atoms with van der Waals surface area (Å²) < 4.78 is 115. The highest BCUT2D eigenvalue weighted by molar-refractivity contribution is 7.94. The number of sulfone groups is 1. The van der Waals surface area contributed by atoms with Gasteiger partial charge in [-0.1, -0.05) is 13.8 Å². The van der Waals surface area contributed by atoms with Crippen LogP contribution in [0.3, 0.4) is 0 Å². The monoisotopic (exact) mass is 587 g/mol. The van der Waals surface area contributed by atoms with Crippen LogP contribution in [0.25, 0.3) is 22.7 Å². The fourth-order valence-corrected chi connectivity index (χ4v) is 4.32. The summed E-state index contributed by atoms with van der Waals surface area (Å²) in [6.45, 7) is 1.43. The number of benzene rings is 1. The lowest BCUT2D eigenvalue weighted by Crippen LogP contribution is -2.17. The van der Waals surface area contributed by atoms with Crippen molar-refractivity contribution in [1.82, 2.24) is 9.97 Å². The number of nitrogens with zero attached hydrogens (tertiary/aromatic N) is 3. The Balaban J connectivity index is 2.04. The molecule has 1 aromatic carbocycles. The van der Waals surface area contributed by atoms with Crippen molar-refractivity contribution in [2.24, 2.45) is 5.16 Å². The Hall–Kier alpha value is -3.05. The molecule has 17 heteroatoms. The lowest BCUT2D eigenvalue weighted by Gasteiger charge is -2.12. The lowest BCUT2D eigenvalue weighted by molar-refractivity contribution is -0.266. The third-order valence-electron chi connectivity index (χ3n) is 4.43. The molecule has 2 heterocycles. The lowest BCUT2D eigenvalue weighted by atomic mass is 10.2. The van der Waals surface area contributed by atoms with Gasteiger partial charge in [-0.15, -0.1) is 13.2 Å². The Morgan fingerprint density at radius 3 is 2.50 bits per heavy atom. The number of rotatable bonds is 10. The summed E-state index contributed by atoms with van der Waals surface area (Å²) in [4.78, 5) is 12.2. The Morgan fingerprint density at radius 2 is 1.87 bits per heavy atom. The average molecular weight is 588 g/mol. The van der Waals surface area contributed by atoms with E-state index in [0.29, 0.717) is 6.42 Å². The molecule has 0 unspecified atom stereocenters. The first kappa shape index (κ1) is 29.5. The van der Waals surface area contributed by atoms with Crippen molar-refractivity contribution < 1.29 is 52.9 Å². The number of halogens is 6. The van der Waals surface area contributed by atoms with E-state index >= 15 is 0 Å². The smallest absolute Gasteiger partial charge is 0.475 e. The Kier molecular flexibility index (Phi) is 9.14. The highest BCUT2D eigenvalue weighted by atomic mass is 32.2. The molecule has 0 bridgehead atoms. The van der Waals surface area contributed by atoms with Gasteiger partial charge in [-0.25, -0.2) is 22.6 Å². The standard InChI is InChI=1S/C21H19F6N3O6S2/c1-3-7-33-18(30-34-11-20(22,23)24)12-8-16(38(31,32)4-2)17(28-10-12)19-29-14-9-13(5-6-15(14)35-19)37-36-21(25,26)27/h5-6,8-10H,3-4,7,11H2,1-2H3/b30-18-. The van der Waals surface area contributed by atoms with E-state index in [1.807, 2.05) is 0 Å². The number of oxime groups is 1. The third-order valence-corrected chi connectivity index (χ3v) is 6.89. The highest BCUT2D eigenvalue weighted by Gasteiger charge is 2.31. The Morgan fingerprint density at radius 1 is 1.13 bits per heavy atom. The predicted molar refractivity (Wildman–Crippen MR) is 123 cm³/mol. The fourth-order valence-electron chi connectivity index (χ4n) is 2.80. The molecule has 0 aliphatic carbocycles. The van der Waals surface area contributed by atoms with Gasteiger partial charge in [0.2, 0.25) is 12.5 Å². The van der Waals surface area contributed by atoms with Gasteiger partial charge in [0.1, 0.15) is 11.2 Å². The van der Waals surface area contributed by atoms with Gasteiger partial charge in [0.05, 0.1) is 22.8 Å². The topological polar surface area (TPSA) is 113 Å². The largest absolute Gasteiger partial charge is 0.533 e. The van der Waals surface area contributed by atoms with E-state index in [1.54, 1.807) is 6.92 Å². The van der Waals surface area contributed by atoms with E-state index in [4.69, 9.17) is 9.15 Å². The zero-order valence-corrected chi connectivity index (χ0v) is 21.2. The number of pyridine rings is 1. The van der Waals surface area contributed by atoms with Crippen LogP contribution in [0.4, 0.5) is 26.3 Å². The van der Waals surface area contributed by atoms with Gasteiger partial charge in [-0.2, -0.15) is 13.2 Å². The van der Waals surface area contributed by atoms with Crippen molar-refractivity contribution in [3.05, 3.63) is 36.0 Å². The van der Waals surface area contributed by atoms with Crippen molar-refractivity contribution in [3.63, 3.8) is 0 Å². The van der Waals surface area contributed by atoms with Crippen molar-refractivity contribution in [3.8, 4) is 11.6 Å². The molecule has 0 radical (unpaired) electrons. The molecular formula is C21H19F6N3O6S2. The first-order valence-electron chi connectivity index (χ1n) is 10.7. The summed E-state index contributed by atoms with van der Waals surface area (Å²) in [7, 11) is -4.01. The molecule has 3 rings (SSSR count). The van der Waals surface area contributed by atoms with Gasteiger partial charge in [0.15, 0.2) is 15.4 Å². The normalized spacial score (nSPS) is 13.2. The molecule has 208 valence electrons. The first-order valence-corrected chi connectivity index (χ1v) is 13.1. The molecular weight excluding hydrogens is 568 g/mol. The second-order valence-corrected chi connectivity index (χ2v) is 10.4. The van der Waals surface area contributed by atoms with E-state index in [-0.39, 0.29) is 62.4 Å². The SMILES string of the molecule is CCCO/C(=N\OCC(F)(F)F)c1cnc(-c2nc3cc(SOC(F)(F)F)ccc3o2)c(S(=O)(=O)CC)c1. The van der Waals surface area contributed by atoms with E-state index in [0.717, 1.165) is 12.3 Å². The van der Waals surface area contributed by atoms with Crippen LogP contribution in [-0.2, 0) is 23.6 Å². The number of ether oxygens (including phenoxy) is 1. The second-order valence-electron chi connectivity index (χ2n) is 7.37. The first-order chi connectivity index (χ1) is 17.7. The zero-order valence-electron chi connectivity index (χ0n) is 19.6. The van der Waals surface area contributed by atoms with Gasteiger partial charge in [0, 0.05) is 23.1 Å². The van der Waals surface area contributed by atoms with Crippen molar-refractivity contribution in [1.29, 1.82) is 0 Å². The number of aromatic nitrogens is 2. The summed E-state index contributed by atoms with van der Waals surface area (Å²) >= 11 is 0.0503. The van der Waals surface area contributed by atoms with E-state index < -0.39 is 34.9 Å². The number of fused-ring (bicyclic) bond motifs is 1. The number of hydrogen-bond donors (Lipinski definition) is 0. The Labute approximate surface area is 216 Å². The van der Waals surface area contributed by atoms with Gasteiger partial charge in [0.25, 0.3) is 5.90 Å². The van der Waals surface area contributed by atoms with Crippen LogP contribution in [0.15, 0.2) is 49.8 Å². The molecule has 38 heavy (non-hydrogen) atoms. The van der Waals surface area contributed by atoms with Crippen LogP contribution in [0, 0.1) is 0 Å². The molecule has 0 aliphatic rings. The minimum absolute atomic E-state index is 0.0371. The zero-order chi connectivity index (χ0) is 28.1. The number of alkyl halides is 6. The van der Waals surface area contributed by atoms with Gasteiger partial charge in [-0.3, -0.25) is 0 Å². The molecule has 2 aromatic heterocycles. The van der Waals surface area contributed by atoms with Crippen LogP contribution < -0.4 is 0 Å². The molecule has 0 saturated carbocycles. The molecule has 0 N–H and O–H groups in total. The maximum absolute atomic E-state index is 12.9. The quantitative estimate of drug-likeness (QED) is 0.0941. The highest BCUT2D eigenvalue weighted by Crippen LogP contribution is 2.34. The van der Waals surface area contributed by atoms with E-state index in [9.17, 15) is 34.8 Å². The molecule has 0 aliphatic heterocycles. The third kappa shape index (κ3) is 7.97. The van der Waals surface area contributed by atoms with Crippen LogP contribution in [-0.4, -0.2) is 55.8 Å². The summed E-state index contributed by atoms with van der Waals surface area (Å²) in [5, 5.41) is 3.35. The minimum Gasteiger partial charge on any atom is -0.475 e. The second kappa shape index (κ2) is 11.8. The van der Waals surface area contributed by atoms with Crippen LogP contribution in [0.2, 0.25) is 0 Å². The van der Waals surface area contributed by atoms with Crippen LogP contribution in [0.5, 0.6) is 0 Å². The van der Waals surface area contributed by atoms with E-state index in [1.165, 1.54) is 25.1 Å².